The number of anilines is 2. The number of hydrogen-bond donors (Lipinski definition) is 0. The molecule has 1 aromatic heterocycles. The first-order valence-corrected chi connectivity index (χ1v) is 16.8. The van der Waals surface area contributed by atoms with Crippen LogP contribution >= 0.6 is 0 Å². The zero-order valence-electron chi connectivity index (χ0n) is 27.1. The Hall–Kier alpha value is -6.87. The average Bonchev–Trinajstić information content (AvgIpc) is 3.70. The van der Waals surface area contributed by atoms with E-state index < -0.39 is 0 Å². The highest BCUT2D eigenvalue weighted by atomic mass is 15.2. The third kappa shape index (κ3) is 4.44. The molecular weight excluding hydrogens is 611 g/mol. The van der Waals surface area contributed by atoms with Gasteiger partial charge in [-0.15, -0.1) is 0 Å². The van der Waals surface area contributed by atoms with Crippen LogP contribution in [0.15, 0.2) is 134 Å². The summed E-state index contributed by atoms with van der Waals surface area (Å²) in [5, 5.41) is 31.9. The second-order valence-corrected chi connectivity index (χ2v) is 12.9. The van der Waals surface area contributed by atoms with E-state index in [1.807, 2.05) is 60.7 Å². The van der Waals surface area contributed by atoms with Crippen molar-refractivity contribution in [3.63, 3.8) is 0 Å². The third-order valence-corrected chi connectivity index (χ3v) is 10.3. The fourth-order valence-corrected chi connectivity index (χ4v) is 8.14. The summed E-state index contributed by atoms with van der Waals surface area (Å²) in [6.07, 6.45) is 14.9. The van der Waals surface area contributed by atoms with Crippen molar-refractivity contribution in [3.8, 4) is 46.1 Å². The Morgan fingerprint density at radius 1 is 0.660 bits per heavy atom. The average molecular weight is 640 g/mol. The van der Waals surface area contributed by atoms with E-state index in [1.54, 1.807) is 0 Å². The molecule has 6 aromatic rings. The molecule has 9 rings (SSSR count). The molecule has 234 valence electrons. The summed E-state index contributed by atoms with van der Waals surface area (Å²) in [6, 6.07) is 41.9. The largest absolute Gasteiger partial charge is 0.333 e. The standard InChI is InChI=1S/C45H29N5/c46-26-29-20-21-45-39(22-29)36-15-4-8-19-44(36)50(45)43-18-7-3-14-35(43)38-24-30(27-47)23-37(40(38)28-48)31-10-9-11-32(25-31)49-41-16-5-1-12-33(41)34-13-2-6-17-42(34)49/h1-3,5-14,16-25,33,41H,4,15H2. The molecule has 0 N–H and O–H groups in total. The molecule has 5 nitrogen and oxygen atoms in total. The molecule has 1 aliphatic heterocycles. The third-order valence-electron chi connectivity index (χ3n) is 10.3. The molecule has 2 atom stereocenters. The number of rotatable bonds is 4. The smallest absolute Gasteiger partial charge is 0.100 e. The maximum absolute atomic E-state index is 10.9. The van der Waals surface area contributed by atoms with Crippen LogP contribution in [-0.2, 0) is 6.42 Å². The Bertz CT molecular complexity index is 2610. The number of aryl methyl sites for hydroxylation is 1. The van der Waals surface area contributed by atoms with Crippen LogP contribution in [0.2, 0.25) is 0 Å². The van der Waals surface area contributed by atoms with E-state index in [4.69, 9.17) is 0 Å². The minimum absolute atomic E-state index is 0.150. The van der Waals surface area contributed by atoms with Crippen molar-refractivity contribution in [1.29, 1.82) is 15.8 Å². The highest BCUT2D eigenvalue weighted by molar-refractivity contribution is 5.95. The van der Waals surface area contributed by atoms with E-state index in [1.165, 1.54) is 16.8 Å². The highest BCUT2D eigenvalue weighted by Crippen LogP contribution is 2.48. The topological polar surface area (TPSA) is 79.5 Å². The molecule has 50 heavy (non-hydrogen) atoms. The van der Waals surface area contributed by atoms with Crippen LogP contribution in [-0.4, -0.2) is 10.6 Å². The normalized spacial score (nSPS) is 16.7. The van der Waals surface area contributed by atoms with Crippen LogP contribution < -0.4 is 4.90 Å². The van der Waals surface area contributed by atoms with Gasteiger partial charge in [0.05, 0.1) is 46.1 Å². The second-order valence-electron chi connectivity index (χ2n) is 12.9. The molecule has 2 aliphatic carbocycles. The van der Waals surface area contributed by atoms with Gasteiger partial charge in [0.1, 0.15) is 6.07 Å². The van der Waals surface area contributed by atoms with Crippen LogP contribution in [0.5, 0.6) is 0 Å². The number of hydrogen-bond acceptors (Lipinski definition) is 4. The van der Waals surface area contributed by atoms with Crippen molar-refractivity contribution < 1.29 is 0 Å². The summed E-state index contributed by atoms with van der Waals surface area (Å²) in [6.45, 7) is 0. The maximum atomic E-state index is 10.9. The summed E-state index contributed by atoms with van der Waals surface area (Å²) in [5.74, 6) is 0.261. The zero-order chi connectivity index (χ0) is 33.8. The predicted octanol–water partition coefficient (Wildman–Crippen LogP) is 10.3. The van der Waals surface area contributed by atoms with Crippen molar-refractivity contribution in [1.82, 2.24) is 4.57 Å². The molecular formula is C45H29N5. The number of nitrogens with zero attached hydrogens (tertiary/aromatic N) is 5. The van der Waals surface area contributed by atoms with Gasteiger partial charge in [-0.25, -0.2) is 0 Å². The summed E-state index contributed by atoms with van der Waals surface area (Å²) < 4.78 is 2.24. The van der Waals surface area contributed by atoms with Gasteiger partial charge in [-0.2, -0.15) is 15.8 Å². The summed E-state index contributed by atoms with van der Waals surface area (Å²) >= 11 is 0. The highest BCUT2D eigenvalue weighted by Gasteiger charge is 2.37. The van der Waals surface area contributed by atoms with E-state index >= 15 is 0 Å². The van der Waals surface area contributed by atoms with Crippen molar-refractivity contribution in [2.45, 2.75) is 24.8 Å². The van der Waals surface area contributed by atoms with Crippen LogP contribution in [0.25, 0.3) is 44.9 Å². The van der Waals surface area contributed by atoms with Gasteiger partial charge in [0.2, 0.25) is 0 Å². The van der Waals surface area contributed by atoms with Crippen molar-refractivity contribution >= 4 is 28.4 Å². The molecule has 2 unspecified atom stereocenters. The number of para-hydroxylation sites is 2. The molecule has 5 heteroatoms. The van der Waals surface area contributed by atoms with E-state index in [0.717, 1.165) is 57.5 Å². The summed E-state index contributed by atoms with van der Waals surface area (Å²) in [4.78, 5) is 2.38. The number of allylic oxidation sites excluding steroid dienone is 3. The second kappa shape index (κ2) is 11.7. The SMILES string of the molecule is N#Cc1cc(-c2cccc(N3c4ccccc4C4C=CC=CC43)c2)c(C#N)c(-c2ccccc2-n2c3c(c4cc(C#N)ccc42)CCC=C3)c1. The number of benzene rings is 5. The van der Waals surface area contributed by atoms with E-state index in [-0.39, 0.29) is 12.0 Å². The van der Waals surface area contributed by atoms with Gasteiger partial charge in [0.15, 0.2) is 0 Å². The van der Waals surface area contributed by atoms with Crippen LogP contribution in [0.3, 0.4) is 0 Å². The lowest BCUT2D eigenvalue weighted by molar-refractivity contribution is 0.745. The van der Waals surface area contributed by atoms with Crippen LogP contribution in [0, 0.1) is 34.0 Å². The van der Waals surface area contributed by atoms with Gasteiger partial charge in [0, 0.05) is 45.1 Å². The fraction of sp³-hybridized carbons (Fsp3) is 0.0889. The lowest BCUT2D eigenvalue weighted by Gasteiger charge is -2.29. The van der Waals surface area contributed by atoms with Gasteiger partial charge in [-0.3, -0.25) is 0 Å². The van der Waals surface area contributed by atoms with Gasteiger partial charge in [-0.1, -0.05) is 78.9 Å². The van der Waals surface area contributed by atoms with Crippen molar-refractivity contribution in [3.05, 3.63) is 167 Å². The Morgan fingerprint density at radius 2 is 1.46 bits per heavy atom. The first-order valence-electron chi connectivity index (χ1n) is 16.8. The summed E-state index contributed by atoms with van der Waals surface area (Å²) in [7, 11) is 0. The fourth-order valence-electron chi connectivity index (χ4n) is 8.14. The molecule has 5 aromatic carbocycles. The van der Waals surface area contributed by atoms with Crippen molar-refractivity contribution in [2.75, 3.05) is 4.90 Å². The Kier molecular flexibility index (Phi) is 6.84. The predicted molar refractivity (Wildman–Crippen MR) is 199 cm³/mol. The van der Waals surface area contributed by atoms with Gasteiger partial charge in [-0.05, 0) is 90.2 Å². The zero-order valence-corrected chi connectivity index (χ0v) is 27.1. The minimum Gasteiger partial charge on any atom is -0.333 e. The molecule has 0 radical (unpaired) electrons. The van der Waals surface area contributed by atoms with Gasteiger partial charge >= 0.3 is 0 Å². The lowest BCUT2D eigenvalue weighted by Crippen LogP contribution is -2.28. The minimum atomic E-state index is 0.150. The van der Waals surface area contributed by atoms with Gasteiger partial charge in [0.25, 0.3) is 0 Å². The van der Waals surface area contributed by atoms with E-state index in [9.17, 15) is 15.8 Å². The molecule has 3 aliphatic rings. The lowest BCUT2D eigenvalue weighted by atomic mass is 9.89. The number of nitriles is 3. The van der Waals surface area contributed by atoms with E-state index in [2.05, 4.69) is 107 Å². The molecule has 0 spiro atoms. The Labute approximate surface area is 290 Å². The monoisotopic (exact) mass is 639 g/mol. The van der Waals surface area contributed by atoms with E-state index in [0.29, 0.717) is 22.3 Å². The molecule has 2 heterocycles. The molecule has 0 fully saturated rings. The van der Waals surface area contributed by atoms with Crippen LogP contribution in [0.4, 0.5) is 11.4 Å². The number of fused-ring (bicyclic) bond motifs is 6. The molecule has 0 saturated heterocycles. The molecule has 0 saturated carbocycles. The summed E-state index contributed by atoms with van der Waals surface area (Å²) in [5.41, 5.74) is 12.5. The van der Waals surface area contributed by atoms with Crippen LogP contribution in [0.1, 0.15) is 45.8 Å². The maximum Gasteiger partial charge on any atom is 0.100 e. The Morgan fingerprint density at radius 3 is 2.32 bits per heavy atom. The molecule has 0 amide bonds. The van der Waals surface area contributed by atoms with Crippen molar-refractivity contribution in [2.24, 2.45) is 0 Å². The first-order chi connectivity index (χ1) is 24.7. The molecule has 0 bridgehead atoms. The Balaban J connectivity index is 1.23. The first kappa shape index (κ1) is 29.3. The number of aromatic nitrogens is 1. The van der Waals surface area contributed by atoms with Gasteiger partial charge < -0.3 is 9.47 Å². The quantitative estimate of drug-likeness (QED) is 0.192.